The molecule has 28 heavy (non-hydrogen) atoms. The number of hydrogen-bond acceptors (Lipinski definition) is 6. The van der Waals surface area contributed by atoms with E-state index in [2.05, 4.69) is 4.99 Å². The number of hydrogen-bond donors (Lipinski definition) is 0. The van der Waals surface area contributed by atoms with Gasteiger partial charge in [0.15, 0.2) is 11.9 Å². The highest BCUT2D eigenvalue weighted by atomic mass is 16.6. The van der Waals surface area contributed by atoms with Gasteiger partial charge in [0, 0.05) is 5.92 Å². The fourth-order valence-corrected chi connectivity index (χ4v) is 4.00. The number of nitrogens with zero attached hydrogens (tertiary/aromatic N) is 1. The Morgan fingerprint density at radius 3 is 2.57 bits per heavy atom. The zero-order chi connectivity index (χ0) is 20.6. The highest BCUT2D eigenvalue weighted by Gasteiger charge is 2.33. The number of carbonyl (C=O) groups excluding carboxylic acids is 2. The van der Waals surface area contributed by atoms with Gasteiger partial charge >= 0.3 is 11.9 Å². The van der Waals surface area contributed by atoms with Crippen molar-refractivity contribution >= 4 is 17.8 Å². The number of carbonyl (C=O) groups is 2. The summed E-state index contributed by atoms with van der Waals surface area (Å²) >= 11 is 0. The largest absolute Gasteiger partial charge is 0.478 e. The van der Waals surface area contributed by atoms with E-state index >= 15 is 0 Å². The van der Waals surface area contributed by atoms with Gasteiger partial charge in [-0.05, 0) is 40.0 Å². The zero-order valence-electron chi connectivity index (χ0n) is 18.0. The molecule has 0 aromatic rings. The second kappa shape index (κ2) is 10.8. The van der Waals surface area contributed by atoms with E-state index in [1.165, 1.54) is 38.5 Å². The van der Waals surface area contributed by atoms with Crippen molar-refractivity contribution in [2.45, 2.75) is 97.1 Å². The Kier molecular flexibility index (Phi) is 8.77. The molecule has 1 fully saturated rings. The van der Waals surface area contributed by atoms with Gasteiger partial charge < -0.3 is 14.2 Å². The van der Waals surface area contributed by atoms with Crippen LogP contribution in [0, 0.1) is 11.8 Å². The Bertz CT molecular complexity index is 546. The molecule has 0 amide bonds. The van der Waals surface area contributed by atoms with Crippen LogP contribution in [0.2, 0.25) is 0 Å². The van der Waals surface area contributed by atoms with Crippen LogP contribution >= 0.6 is 0 Å². The molecule has 0 unspecified atom stereocenters. The number of ether oxygens (including phenoxy) is 3. The Morgan fingerprint density at radius 2 is 1.93 bits per heavy atom. The standard InChI is InChI=1S/C22H37NO5/c1-5-26-21(25)18-15-27-20(23-18)17(14-19(24)28-22(2,3)4)13-9-12-16-10-7-6-8-11-16/h16-18H,5-15H2,1-4H3/t17-,18+/m1/s1. The molecule has 0 radical (unpaired) electrons. The molecule has 0 spiro atoms. The molecule has 6 nitrogen and oxygen atoms in total. The number of rotatable bonds is 9. The second-order valence-corrected chi connectivity index (χ2v) is 8.97. The summed E-state index contributed by atoms with van der Waals surface area (Å²) < 4.78 is 16.2. The summed E-state index contributed by atoms with van der Waals surface area (Å²) in [4.78, 5) is 28.8. The molecule has 2 rings (SSSR count). The van der Waals surface area contributed by atoms with Gasteiger partial charge in [0.1, 0.15) is 12.2 Å². The van der Waals surface area contributed by atoms with E-state index in [1.54, 1.807) is 6.92 Å². The van der Waals surface area contributed by atoms with Crippen molar-refractivity contribution in [2.24, 2.45) is 16.8 Å². The molecule has 0 N–H and O–H groups in total. The van der Waals surface area contributed by atoms with Crippen LogP contribution in [0.1, 0.15) is 85.5 Å². The van der Waals surface area contributed by atoms with Crippen LogP contribution in [-0.2, 0) is 23.8 Å². The van der Waals surface area contributed by atoms with Gasteiger partial charge in [0.25, 0.3) is 0 Å². The van der Waals surface area contributed by atoms with E-state index in [9.17, 15) is 9.59 Å². The molecule has 2 aliphatic rings. The monoisotopic (exact) mass is 395 g/mol. The van der Waals surface area contributed by atoms with E-state index in [0.717, 1.165) is 18.8 Å². The average Bonchev–Trinajstić information content (AvgIpc) is 3.10. The molecule has 0 aromatic carbocycles. The predicted octanol–water partition coefficient (Wildman–Crippen LogP) is 4.45. The maximum atomic E-state index is 12.4. The van der Waals surface area contributed by atoms with Gasteiger partial charge in [-0.15, -0.1) is 0 Å². The van der Waals surface area contributed by atoms with Crippen molar-refractivity contribution in [1.82, 2.24) is 0 Å². The molecule has 1 heterocycles. The summed E-state index contributed by atoms with van der Waals surface area (Å²) in [5, 5.41) is 0. The first-order valence-electron chi connectivity index (χ1n) is 10.9. The predicted molar refractivity (Wildman–Crippen MR) is 108 cm³/mol. The molecule has 0 bridgehead atoms. The summed E-state index contributed by atoms with van der Waals surface area (Å²) in [6.07, 6.45) is 9.94. The van der Waals surface area contributed by atoms with Gasteiger partial charge in [-0.1, -0.05) is 44.9 Å². The molecular weight excluding hydrogens is 358 g/mol. The van der Waals surface area contributed by atoms with Gasteiger partial charge in [-0.3, -0.25) is 4.79 Å². The lowest BCUT2D eigenvalue weighted by Gasteiger charge is -2.24. The van der Waals surface area contributed by atoms with Crippen LogP contribution in [0.15, 0.2) is 4.99 Å². The third kappa shape index (κ3) is 7.80. The van der Waals surface area contributed by atoms with Crippen LogP contribution < -0.4 is 0 Å². The Balaban J connectivity index is 1.95. The molecule has 1 saturated carbocycles. The minimum Gasteiger partial charge on any atom is -0.478 e. The fourth-order valence-electron chi connectivity index (χ4n) is 4.00. The first-order valence-corrected chi connectivity index (χ1v) is 10.9. The number of esters is 2. The topological polar surface area (TPSA) is 74.2 Å². The van der Waals surface area contributed by atoms with Crippen molar-refractivity contribution in [1.29, 1.82) is 0 Å². The van der Waals surface area contributed by atoms with Crippen LogP contribution in [0.25, 0.3) is 0 Å². The van der Waals surface area contributed by atoms with E-state index in [0.29, 0.717) is 12.5 Å². The maximum absolute atomic E-state index is 12.4. The molecule has 0 saturated heterocycles. The summed E-state index contributed by atoms with van der Waals surface area (Å²) in [6, 6.07) is -0.616. The summed E-state index contributed by atoms with van der Waals surface area (Å²) in [5.74, 6) is 0.553. The summed E-state index contributed by atoms with van der Waals surface area (Å²) in [7, 11) is 0. The van der Waals surface area contributed by atoms with Gasteiger partial charge in [0.2, 0.25) is 0 Å². The lowest BCUT2D eigenvalue weighted by atomic mass is 9.84. The fraction of sp³-hybridized carbons (Fsp3) is 0.864. The minimum atomic E-state index is -0.616. The number of aliphatic imine (C=N–C) groups is 1. The molecular formula is C22H37NO5. The first-order chi connectivity index (χ1) is 13.3. The van der Waals surface area contributed by atoms with E-state index < -0.39 is 11.6 Å². The molecule has 160 valence electrons. The minimum absolute atomic E-state index is 0.141. The van der Waals surface area contributed by atoms with E-state index in [4.69, 9.17) is 14.2 Å². The Hall–Kier alpha value is -1.59. The van der Waals surface area contributed by atoms with Gasteiger partial charge in [-0.2, -0.15) is 0 Å². The average molecular weight is 396 g/mol. The molecule has 1 aliphatic heterocycles. The van der Waals surface area contributed by atoms with Crippen LogP contribution in [-0.4, -0.2) is 42.7 Å². The van der Waals surface area contributed by atoms with Crippen molar-refractivity contribution in [3.8, 4) is 0 Å². The zero-order valence-corrected chi connectivity index (χ0v) is 18.0. The molecule has 1 aliphatic carbocycles. The first kappa shape index (κ1) is 22.7. The molecule has 2 atom stereocenters. The highest BCUT2D eigenvalue weighted by Crippen LogP contribution is 2.30. The van der Waals surface area contributed by atoms with Crippen LogP contribution in [0.4, 0.5) is 0 Å². The third-order valence-electron chi connectivity index (χ3n) is 5.30. The second-order valence-electron chi connectivity index (χ2n) is 8.97. The van der Waals surface area contributed by atoms with Crippen molar-refractivity contribution in [3.63, 3.8) is 0 Å². The Labute approximate surface area is 169 Å². The van der Waals surface area contributed by atoms with Crippen LogP contribution in [0.3, 0.4) is 0 Å². The summed E-state index contributed by atoms with van der Waals surface area (Å²) in [6.45, 7) is 7.88. The van der Waals surface area contributed by atoms with E-state index in [-0.39, 0.29) is 30.9 Å². The normalized spacial score (nSPS) is 21.6. The van der Waals surface area contributed by atoms with Gasteiger partial charge in [0.05, 0.1) is 13.0 Å². The highest BCUT2D eigenvalue weighted by molar-refractivity contribution is 5.89. The van der Waals surface area contributed by atoms with Crippen molar-refractivity contribution in [2.75, 3.05) is 13.2 Å². The smallest absolute Gasteiger partial charge is 0.334 e. The quantitative estimate of drug-likeness (QED) is 0.539. The lowest BCUT2D eigenvalue weighted by molar-refractivity contribution is -0.155. The molecule has 6 heteroatoms. The van der Waals surface area contributed by atoms with Gasteiger partial charge in [-0.25, -0.2) is 9.79 Å². The Morgan fingerprint density at radius 1 is 1.21 bits per heavy atom. The summed E-state index contributed by atoms with van der Waals surface area (Å²) in [5.41, 5.74) is -0.518. The molecule has 0 aromatic heterocycles. The van der Waals surface area contributed by atoms with Crippen molar-refractivity contribution in [3.05, 3.63) is 0 Å². The van der Waals surface area contributed by atoms with Crippen LogP contribution in [0.5, 0.6) is 0 Å². The third-order valence-corrected chi connectivity index (χ3v) is 5.30. The van der Waals surface area contributed by atoms with E-state index in [1.807, 2.05) is 20.8 Å². The SMILES string of the molecule is CCOC(=O)[C@@H]1COC([C@H](CCCC2CCCCC2)CC(=O)OC(C)(C)C)=N1. The maximum Gasteiger partial charge on any atom is 0.334 e. The van der Waals surface area contributed by atoms with Crippen molar-refractivity contribution < 1.29 is 23.8 Å². The lowest BCUT2D eigenvalue weighted by Crippen LogP contribution is -2.27.